The van der Waals surface area contributed by atoms with Gasteiger partial charge >= 0.3 is 10.2 Å². The summed E-state index contributed by atoms with van der Waals surface area (Å²) < 4.78 is 29.5. The van der Waals surface area contributed by atoms with Gasteiger partial charge in [0.15, 0.2) is 0 Å². The Hall–Kier alpha value is -0.700. The molecule has 2 rings (SSSR count). The third-order valence-electron chi connectivity index (χ3n) is 3.36. The van der Waals surface area contributed by atoms with Crippen molar-refractivity contribution in [2.24, 2.45) is 0 Å². The average Bonchev–Trinajstić information content (AvgIpc) is 2.42. The van der Waals surface area contributed by atoms with Gasteiger partial charge in [0, 0.05) is 23.3 Å². The summed E-state index contributed by atoms with van der Waals surface area (Å²) in [7, 11) is -3.69. The molecule has 6 nitrogen and oxygen atoms in total. The lowest BCUT2D eigenvalue weighted by molar-refractivity contribution is 0.156. The normalized spacial score (nSPS) is 20.9. The molecular weight excluding hydrogens is 346 g/mol. The van der Waals surface area contributed by atoms with Gasteiger partial charge in [0.05, 0.1) is 6.61 Å². The highest BCUT2D eigenvalue weighted by atomic mass is 79.9. The molecule has 0 aliphatic carbocycles. The van der Waals surface area contributed by atoms with Gasteiger partial charge in [-0.3, -0.25) is 4.72 Å². The predicted octanol–water partition coefficient (Wildman–Crippen LogP) is 1.66. The second-order valence-electron chi connectivity index (χ2n) is 4.87. The standard InChI is InChI=1S/C12H18BrN3O3S/c1-9-6-10(13)7-14-12(9)15-20(18,19)16-5-3-2-4-11(16)8-17/h6-7,11,17H,2-5,8H2,1H3,(H,14,15). The van der Waals surface area contributed by atoms with Gasteiger partial charge in [-0.15, -0.1) is 0 Å². The van der Waals surface area contributed by atoms with E-state index in [0.717, 1.165) is 22.9 Å². The largest absolute Gasteiger partial charge is 0.395 e. The van der Waals surface area contributed by atoms with E-state index in [9.17, 15) is 13.5 Å². The minimum atomic E-state index is -3.69. The summed E-state index contributed by atoms with van der Waals surface area (Å²) in [5.41, 5.74) is 0.737. The lowest BCUT2D eigenvalue weighted by Gasteiger charge is -2.33. The highest BCUT2D eigenvalue weighted by Gasteiger charge is 2.32. The van der Waals surface area contributed by atoms with E-state index in [1.165, 1.54) is 4.31 Å². The zero-order chi connectivity index (χ0) is 14.8. The first-order chi connectivity index (χ1) is 9.44. The van der Waals surface area contributed by atoms with Gasteiger partial charge in [0.25, 0.3) is 0 Å². The molecule has 0 saturated carbocycles. The van der Waals surface area contributed by atoms with Crippen molar-refractivity contribution in [3.05, 3.63) is 22.3 Å². The van der Waals surface area contributed by atoms with Gasteiger partial charge in [-0.2, -0.15) is 12.7 Å². The Labute approximate surface area is 127 Å². The topological polar surface area (TPSA) is 82.5 Å². The van der Waals surface area contributed by atoms with Crippen molar-refractivity contribution >= 4 is 32.0 Å². The highest BCUT2D eigenvalue weighted by Crippen LogP contribution is 2.23. The van der Waals surface area contributed by atoms with Crippen LogP contribution in [-0.4, -0.2) is 42.0 Å². The molecule has 1 aromatic heterocycles. The van der Waals surface area contributed by atoms with Crippen LogP contribution in [0.15, 0.2) is 16.7 Å². The third-order valence-corrected chi connectivity index (χ3v) is 5.35. The molecule has 2 heterocycles. The van der Waals surface area contributed by atoms with Gasteiger partial charge < -0.3 is 5.11 Å². The quantitative estimate of drug-likeness (QED) is 0.851. The monoisotopic (exact) mass is 363 g/mol. The van der Waals surface area contributed by atoms with Crippen molar-refractivity contribution in [3.63, 3.8) is 0 Å². The number of nitrogens with zero attached hydrogens (tertiary/aromatic N) is 2. The number of aliphatic hydroxyl groups is 1. The van der Waals surface area contributed by atoms with Gasteiger partial charge in [-0.1, -0.05) is 6.42 Å². The minimum absolute atomic E-state index is 0.159. The molecule has 1 aromatic rings. The van der Waals surface area contributed by atoms with Gasteiger partial charge in [0.2, 0.25) is 0 Å². The molecule has 0 aromatic carbocycles. The number of aromatic nitrogens is 1. The van der Waals surface area contributed by atoms with E-state index in [1.54, 1.807) is 19.2 Å². The van der Waals surface area contributed by atoms with Gasteiger partial charge in [0.1, 0.15) is 5.82 Å². The molecular formula is C12H18BrN3O3S. The van der Waals surface area contributed by atoms with E-state index >= 15 is 0 Å². The second-order valence-corrected chi connectivity index (χ2v) is 7.41. The molecule has 1 aliphatic rings. The summed E-state index contributed by atoms with van der Waals surface area (Å²) >= 11 is 3.29. The first kappa shape index (κ1) is 15.7. The molecule has 0 amide bonds. The van der Waals surface area contributed by atoms with Crippen LogP contribution in [0.3, 0.4) is 0 Å². The maximum atomic E-state index is 12.4. The Kier molecular flexibility index (Phi) is 5.00. The SMILES string of the molecule is Cc1cc(Br)cnc1NS(=O)(=O)N1CCCCC1CO. The molecule has 1 atom stereocenters. The first-order valence-corrected chi connectivity index (χ1v) is 8.70. The van der Waals surface area contributed by atoms with Crippen LogP contribution in [0.4, 0.5) is 5.82 Å². The molecule has 0 spiro atoms. The number of hydrogen-bond acceptors (Lipinski definition) is 4. The van der Waals surface area contributed by atoms with Crippen LogP contribution in [-0.2, 0) is 10.2 Å². The van der Waals surface area contributed by atoms with Crippen LogP contribution < -0.4 is 4.72 Å². The lowest BCUT2D eigenvalue weighted by atomic mass is 10.1. The predicted molar refractivity (Wildman–Crippen MR) is 80.6 cm³/mol. The molecule has 112 valence electrons. The molecule has 2 N–H and O–H groups in total. The Morgan fingerprint density at radius 1 is 1.55 bits per heavy atom. The van der Waals surface area contributed by atoms with E-state index in [2.05, 4.69) is 25.6 Å². The van der Waals surface area contributed by atoms with Crippen molar-refractivity contribution < 1.29 is 13.5 Å². The van der Waals surface area contributed by atoms with Crippen LogP contribution in [0.5, 0.6) is 0 Å². The number of nitrogens with one attached hydrogen (secondary N) is 1. The fraction of sp³-hybridized carbons (Fsp3) is 0.583. The molecule has 1 fully saturated rings. The van der Waals surface area contributed by atoms with Crippen LogP contribution >= 0.6 is 15.9 Å². The highest BCUT2D eigenvalue weighted by molar-refractivity contribution is 9.10. The van der Waals surface area contributed by atoms with Crippen LogP contribution in [0.25, 0.3) is 0 Å². The molecule has 0 radical (unpaired) electrons. The molecule has 1 unspecified atom stereocenters. The van der Waals surface area contributed by atoms with E-state index in [4.69, 9.17) is 0 Å². The first-order valence-electron chi connectivity index (χ1n) is 6.46. The maximum Gasteiger partial charge on any atom is 0.303 e. The van der Waals surface area contributed by atoms with Crippen LogP contribution in [0.1, 0.15) is 24.8 Å². The number of pyridine rings is 1. The zero-order valence-electron chi connectivity index (χ0n) is 11.2. The van der Waals surface area contributed by atoms with Crippen LogP contribution in [0, 0.1) is 6.92 Å². The Bertz CT molecular complexity index is 579. The van der Waals surface area contributed by atoms with E-state index in [-0.39, 0.29) is 12.6 Å². The Morgan fingerprint density at radius 2 is 2.30 bits per heavy atom. The van der Waals surface area contributed by atoms with Crippen molar-refractivity contribution in [2.75, 3.05) is 17.9 Å². The number of aliphatic hydroxyl groups excluding tert-OH is 1. The summed E-state index contributed by atoms with van der Waals surface area (Å²) in [6.07, 6.45) is 3.98. The third kappa shape index (κ3) is 3.49. The summed E-state index contributed by atoms with van der Waals surface area (Å²) in [6, 6.07) is 1.45. The summed E-state index contributed by atoms with van der Waals surface area (Å²) in [5.74, 6) is 0.315. The fourth-order valence-corrected chi connectivity index (χ4v) is 4.26. The van der Waals surface area contributed by atoms with Crippen molar-refractivity contribution in [3.8, 4) is 0 Å². The molecule has 0 bridgehead atoms. The summed E-state index contributed by atoms with van der Waals surface area (Å²) in [5, 5.41) is 9.33. The lowest BCUT2D eigenvalue weighted by Crippen LogP contribution is -2.48. The number of hydrogen-bond donors (Lipinski definition) is 2. The molecule has 1 aliphatic heterocycles. The number of piperidine rings is 1. The van der Waals surface area contributed by atoms with Crippen LogP contribution in [0.2, 0.25) is 0 Å². The summed E-state index contributed by atoms with van der Waals surface area (Å²) in [4.78, 5) is 4.08. The van der Waals surface area contributed by atoms with Gasteiger partial charge in [-0.05, 0) is 47.3 Å². The molecule has 8 heteroatoms. The number of rotatable bonds is 4. The number of aryl methyl sites for hydroxylation is 1. The Morgan fingerprint density at radius 3 is 2.95 bits per heavy atom. The maximum absolute atomic E-state index is 12.4. The minimum Gasteiger partial charge on any atom is -0.395 e. The number of anilines is 1. The smallest absolute Gasteiger partial charge is 0.303 e. The van der Waals surface area contributed by atoms with Crippen molar-refractivity contribution in [1.29, 1.82) is 0 Å². The second kappa shape index (κ2) is 6.38. The van der Waals surface area contributed by atoms with Gasteiger partial charge in [-0.25, -0.2) is 4.98 Å². The van der Waals surface area contributed by atoms with Crippen molar-refractivity contribution in [1.82, 2.24) is 9.29 Å². The zero-order valence-corrected chi connectivity index (χ0v) is 13.6. The van der Waals surface area contributed by atoms with E-state index < -0.39 is 10.2 Å². The van der Waals surface area contributed by atoms with E-state index in [1.807, 2.05) is 0 Å². The number of halogens is 1. The summed E-state index contributed by atoms with van der Waals surface area (Å²) in [6.45, 7) is 2.05. The molecule has 20 heavy (non-hydrogen) atoms. The average molecular weight is 364 g/mol. The Balaban J connectivity index is 2.21. The van der Waals surface area contributed by atoms with E-state index in [0.29, 0.717) is 18.8 Å². The fourth-order valence-electron chi connectivity index (χ4n) is 2.30. The molecule has 1 saturated heterocycles. The van der Waals surface area contributed by atoms with Crippen molar-refractivity contribution in [2.45, 2.75) is 32.2 Å².